The Hall–Kier alpha value is -3.39. The Balaban J connectivity index is 1.42. The van der Waals surface area contributed by atoms with Gasteiger partial charge in [0.15, 0.2) is 0 Å². The summed E-state index contributed by atoms with van der Waals surface area (Å²) in [5, 5.41) is 2.79. The first-order chi connectivity index (χ1) is 14.4. The first-order valence-corrected chi connectivity index (χ1v) is 10.8. The number of anilines is 2. The molecule has 0 radical (unpaired) electrons. The Morgan fingerprint density at radius 2 is 1.73 bits per heavy atom. The molecule has 1 atom stereocenters. The normalized spacial score (nSPS) is 15.6. The highest BCUT2D eigenvalue weighted by Crippen LogP contribution is 2.27. The van der Waals surface area contributed by atoms with E-state index in [0.29, 0.717) is 12.1 Å². The van der Waals surface area contributed by atoms with Gasteiger partial charge < -0.3 is 10.1 Å². The lowest BCUT2D eigenvalue weighted by Crippen LogP contribution is -2.32. The van der Waals surface area contributed by atoms with Crippen LogP contribution in [0.15, 0.2) is 77.7 Å². The largest absolute Gasteiger partial charge is 0.492 e. The Labute approximate surface area is 173 Å². The zero-order valence-corrected chi connectivity index (χ0v) is 16.7. The average Bonchev–Trinajstić information content (AvgIpc) is 2.73. The first kappa shape index (κ1) is 19.9. The van der Waals surface area contributed by atoms with Crippen molar-refractivity contribution in [2.45, 2.75) is 11.3 Å². The van der Waals surface area contributed by atoms with Crippen LogP contribution in [0.3, 0.4) is 0 Å². The molecule has 1 heterocycles. The quantitative estimate of drug-likeness (QED) is 0.650. The van der Waals surface area contributed by atoms with E-state index in [2.05, 4.69) is 10.0 Å². The summed E-state index contributed by atoms with van der Waals surface area (Å²) in [6.07, 6.45) is 0.575. The second kappa shape index (κ2) is 8.16. The average molecular weight is 426 g/mol. The number of nitrogens with one attached hydrogen (secondary N) is 2. The lowest BCUT2D eigenvalue weighted by molar-refractivity contribution is -0.121. The number of hydrogen-bond donors (Lipinski definition) is 2. The van der Waals surface area contributed by atoms with Gasteiger partial charge in [0.25, 0.3) is 10.0 Å². The van der Waals surface area contributed by atoms with Crippen molar-refractivity contribution in [1.29, 1.82) is 0 Å². The van der Waals surface area contributed by atoms with Gasteiger partial charge in [-0.05, 0) is 60.5 Å². The lowest BCUT2D eigenvalue weighted by Gasteiger charge is -2.24. The maximum atomic E-state index is 13.3. The third-order valence-electron chi connectivity index (χ3n) is 4.76. The van der Waals surface area contributed by atoms with E-state index in [-0.39, 0.29) is 29.0 Å². The molecule has 0 fully saturated rings. The van der Waals surface area contributed by atoms with Crippen molar-refractivity contribution in [2.24, 2.45) is 5.92 Å². The molecule has 0 saturated heterocycles. The van der Waals surface area contributed by atoms with Gasteiger partial charge in [-0.15, -0.1) is 0 Å². The van der Waals surface area contributed by atoms with Crippen LogP contribution in [-0.2, 0) is 21.2 Å². The standard InChI is InChI=1S/C22H19FN2O4S/c23-17-5-3-6-19(13-17)25-30(27,28)20-10-8-18(9-11-20)24-22(26)16-12-15-4-1-2-7-21(15)29-14-16/h1-11,13,16,25H,12,14H2,(H,24,26). The lowest BCUT2D eigenvalue weighted by atomic mass is 9.96. The van der Waals surface area contributed by atoms with Crippen LogP contribution in [0.1, 0.15) is 5.56 Å². The smallest absolute Gasteiger partial charge is 0.261 e. The van der Waals surface area contributed by atoms with Crippen molar-refractivity contribution >= 4 is 27.3 Å². The molecule has 3 aromatic carbocycles. The molecule has 30 heavy (non-hydrogen) atoms. The van der Waals surface area contributed by atoms with Crippen molar-refractivity contribution in [3.05, 3.63) is 84.2 Å². The van der Waals surface area contributed by atoms with Crippen LogP contribution in [0.4, 0.5) is 15.8 Å². The molecule has 0 spiro atoms. The number of benzene rings is 3. The molecule has 0 saturated carbocycles. The van der Waals surface area contributed by atoms with Crippen molar-refractivity contribution in [2.75, 3.05) is 16.6 Å². The zero-order chi connectivity index (χ0) is 21.1. The molecule has 4 rings (SSSR count). The van der Waals surface area contributed by atoms with Crippen LogP contribution in [0.2, 0.25) is 0 Å². The fourth-order valence-electron chi connectivity index (χ4n) is 3.22. The number of para-hydroxylation sites is 1. The Morgan fingerprint density at radius 1 is 0.967 bits per heavy atom. The molecule has 0 bridgehead atoms. The Kier molecular flexibility index (Phi) is 5.41. The summed E-state index contributed by atoms with van der Waals surface area (Å²) in [6, 6.07) is 18.6. The molecule has 2 N–H and O–H groups in total. The van der Waals surface area contributed by atoms with Crippen LogP contribution in [0.25, 0.3) is 0 Å². The monoisotopic (exact) mass is 426 g/mol. The van der Waals surface area contributed by atoms with Gasteiger partial charge >= 0.3 is 0 Å². The molecule has 3 aromatic rings. The molecule has 1 aliphatic rings. The molecule has 1 aliphatic heterocycles. The van der Waals surface area contributed by atoms with Crippen LogP contribution >= 0.6 is 0 Å². The minimum absolute atomic E-state index is 0.000290. The second-order valence-electron chi connectivity index (χ2n) is 6.95. The van der Waals surface area contributed by atoms with E-state index in [9.17, 15) is 17.6 Å². The van der Waals surface area contributed by atoms with Crippen LogP contribution in [-0.4, -0.2) is 20.9 Å². The number of carbonyl (C=O) groups is 1. The maximum absolute atomic E-state index is 13.3. The summed E-state index contributed by atoms with van der Waals surface area (Å²) >= 11 is 0. The summed E-state index contributed by atoms with van der Waals surface area (Å²) in [4.78, 5) is 12.6. The minimum Gasteiger partial charge on any atom is -0.492 e. The number of rotatable bonds is 5. The second-order valence-corrected chi connectivity index (χ2v) is 8.63. The topological polar surface area (TPSA) is 84.5 Å². The highest BCUT2D eigenvalue weighted by molar-refractivity contribution is 7.92. The number of carbonyl (C=O) groups excluding carboxylic acids is 1. The maximum Gasteiger partial charge on any atom is 0.261 e. The fraction of sp³-hybridized carbons (Fsp3) is 0.136. The number of amides is 1. The number of halogens is 1. The SMILES string of the molecule is O=C(Nc1ccc(S(=O)(=O)Nc2cccc(F)c2)cc1)C1COc2ccccc2C1. The molecule has 0 aromatic heterocycles. The highest BCUT2D eigenvalue weighted by atomic mass is 32.2. The number of sulfonamides is 1. The fourth-order valence-corrected chi connectivity index (χ4v) is 4.27. The summed E-state index contributed by atoms with van der Waals surface area (Å²) < 4.78 is 46.2. The van der Waals surface area contributed by atoms with E-state index in [1.165, 1.54) is 42.5 Å². The third kappa shape index (κ3) is 4.44. The van der Waals surface area contributed by atoms with Gasteiger partial charge in [0.2, 0.25) is 5.91 Å². The summed E-state index contributed by atoms with van der Waals surface area (Å²) in [7, 11) is -3.88. The molecular weight excluding hydrogens is 407 g/mol. The third-order valence-corrected chi connectivity index (χ3v) is 6.16. The van der Waals surface area contributed by atoms with Gasteiger partial charge in [-0.1, -0.05) is 24.3 Å². The summed E-state index contributed by atoms with van der Waals surface area (Å²) in [5.74, 6) is -0.277. The van der Waals surface area contributed by atoms with Gasteiger partial charge in [0.1, 0.15) is 18.2 Å². The van der Waals surface area contributed by atoms with Crippen molar-refractivity contribution < 1.29 is 22.3 Å². The van der Waals surface area contributed by atoms with Crippen molar-refractivity contribution in [3.8, 4) is 5.75 Å². The molecule has 154 valence electrons. The first-order valence-electron chi connectivity index (χ1n) is 9.31. The van der Waals surface area contributed by atoms with E-state index >= 15 is 0 Å². The van der Waals surface area contributed by atoms with Gasteiger partial charge in [-0.3, -0.25) is 9.52 Å². The van der Waals surface area contributed by atoms with Gasteiger partial charge in [-0.25, -0.2) is 12.8 Å². The molecule has 1 amide bonds. The Morgan fingerprint density at radius 3 is 2.50 bits per heavy atom. The molecular formula is C22H19FN2O4S. The number of fused-ring (bicyclic) bond motifs is 1. The van der Waals surface area contributed by atoms with Gasteiger partial charge in [-0.2, -0.15) is 0 Å². The van der Waals surface area contributed by atoms with Crippen LogP contribution < -0.4 is 14.8 Å². The predicted octanol–water partition coefficient (Wildman–Crippen LogP) is 3.82. The van der Waals surface area contributed by atoms with Crippen LogP contribution in [0.5, 0.6) is 5.75 Å². The van der Waals surface area contributed by atoms with Crippen LogP contribution in [0, 0.1) is 11.7 Å². The van der Waals surface area contributed by atoms with E-state index in [1.54, 1.807) is 0 Å². The Bertz CT molecular complexity index is 1180. The van der Waals surface area contributed by atoms with E-state index < -0.39 is 15.8 Å². The minimum atomic E-state index is -3.88. The predicted molar refractivity (Wildman–Crippen MR) is 111 cm³/mol. The van der Waals surface area contributed by atoms with Gasteiger partial charge in [0.05, 0.1) is 16.5 Å². The number of ether oxygens (including phenoxy) is 1. The van der Waals surface area contributed by atoms with E-state index in [0.717, 1.165) is 17.4 Å². The molecule has 0 aliphatic carbocycles. The van der Waals surface area contributed by atoms with Crippen molar-refractivity contribution in [1.82, 2.24) is 0 Å². The summed E-state index contributed by atoms with van der Waals surface area (Å²) in [6.45, 7) is 0.285. The van der Waals surface area contributed by atoms with Gasteiger partial charge in [0, 0.05) is 5.69 Å². The zero-order valence-electron chi connectivity index (χ0n) is 15.8. The highest BCUT2D eigenvalue weighted by Gasteiger charge is 2.26. The van der Waals surface area contributed by atoms with E-state index in [4.69, 9.17) is 4.74 Å². The van der Waals surface area contributed by atoms with E-state index in [1.807, 2.05) is 24.3 Å². The number of hydrogen-bond acceptors (Lipinski definition) is 4. The summed E-state index contributed by atoms with van der Waals surface area (Å²) in [5.41, 5.74) is 1.59. The molecule has 8 heteroatoms. The molecule has 1 unspecified atom stereocenters. The molecule has 6 nitrogen and oxygen atoms in total. The van der Waals surface area contributed by atoms with Crippen molar-refractivity contribution in [3.63, 3.8) is 0 Å².